The summed E-state index contributed by atoms with van der Waals surface area (Å²) in [6.07, 6.45) is 0. The van der Waals surface area contributed by atoms with E-state index >= 15 is 0 Å². The number of thioether (sulfide) groups is 1. The van der Waals surface area contributed by atoms with Crippen LogP contribution in [0.3, 0.4) is 0 Å². The average molecular weight is 421 g/mol. The normalized spacial score (nSPS) is 20.6. The smallest absolute Gasteiger partial charge is 0.269 e. The van der Waals surface area contributed by atoms with Gasteiger partial charge in [0.05, 0.1) is 18.0 Å². The van der Waals surface area contributed by atoms with Crippen molar-refractivity contribution >= 4 is 46.6 Å². The molecule has 2 aliphatic rings. The number of carbonyl (C=O) groups is 2. The SMILES string of the molecule is O=C1CSC2(C(=O)N(Cc3ccccc3)c3ccccc32)N1c1cccc(Cl)c1. The average Bonchev–Trinajstić information content (AvgIpc) is 3.20. The molecule has 0 aromatic heterocycles. The molecular weight excluding hydrogens is 404 g/mol. The number of anilines is 2. The molecule has 2 amide bonds. The van der Waals surface area contributed by atoms with Gasteiger partial charge in [0.2, 0.25) is 10.8 Å². The van der Waals surface area contributed by atoms with Crippen molar-refractivity contribution in [1.82, 2.24) is 0 Å². The Bertz CT molecular complexity index is 1120. The molecule has 1 atom stereocenters. The quantitative estimate of drug-likeness (QED) is 0.610. The maximum Gasteiger partial charge on any atom is 0.269 e. The second-order valence-electron chi connectivity index (χ2n) is 7.04. The number of hydrogen-bond donors (Lipinski definition) is 0. The first kappa shape index (κ1) is 18.3. The molecule has 1 fully saturated rings. The minimum atomic E-state index is -1.10. The molecule has 2 aliphatic heterocycles. The fraction of sp³-hybridized carbons (Fsp3) is 0.130. The highest BCUT2D eigenvalue weighted by molar-refractivity contribution is 8.02. The van der Waals surface area contributed by atoms with Crippen LogP contribution in [-0.4, -0.2) is 17.6 Å². The Morgan fingerprint density at radius 1 is 0.931 bits per heavy atom. The van der Waals surface area contributed by atoms with Crippen LogP contribution in [-0.2, 0) is 21.0 Å². The summed E-state index contributed by atoms with van der Waals surface area (Å²) in [5, 5.41) is 0.530. The van der Waals surface area contributed by atoms with Crippen LogP contribution < -0.4 is 9.80 Å². The molecule has 0 N–H and O–H groups in total. The maximum absolute atomic E-state index is 13.9. The second kappa shape index (κ2) is 6.94. The Hall–Kier alpha value is -2.76. The number of carbonyl (C=O) groups excluding carboxylic acids is 2. The van der Waals surface area contributed by atoms with Gasteiger partial charge in [-0.25, -0.2) is 0 Å². The van der Waals surface area contributed by atoms with Crippen LogP contribution >= 0.6 is 23.4 Å². The third kappa shape index (κ3) is 2.76. The number of hydrogen-bond acceptors (Lipinski definition) is 3. The second-order valence-corrected chi connectivity index (χ2v) is 8.64. The van der Waals surface area contributed by atoms with Gasteiger partial charge < -0.3 is 4.90 Å². The lowest BCUT2D eigenvalue weighted by Crippen LogP contribution is -2.49. The van der Waals surface area contributed by atoms with E-state index < -0.39 is 4.87 Å². The zero-order valence-electron chi connectivity index (χ0n) is 15.4. The van der Waals surface area contributed by atoms with Crippen molar-refractivity contribution in [3.05, 3.63) is 95.0 Å². The van der Waals surface area contributed by atoms with Gasteiger partial charge in [0.1, 0.15) is 0 Å². The molecule has 144 valence electrons. The van der Waals surface area contributed by atoms with Gasteiger partial charge in [-0.05, 0) is 29.8 Å². The molecular formula is C23H17ClN2O2S. The van der Waals surface area contributed by atoms with Crippen molar-refractivity contribution < 1.29 is 9.59 Å². The highest BCUT2D eigenvalue weighted by Crippen LogP contribution is 2.56. The molecule has 1 unspecified atom stereocenters. The summed E-state index contributed by atoms with van der Waals surface area (Å²) < 4.78 is 0. The van der Waals surface area contributed by atoms with E-state index in [1.165, 1.54) is 11.8 Å². The lowest BCUT2D eigenvalue weighted by Gasteiger charge is -2.33. The van der Waals surface area contributed by atoms with Crippen molar-refractivity contribution in [2.45, 2.75) is 11.4 Å². The maximum atomic E-state index is 13.9. The largest absolute Gasteiger partial charge is 0.304 e. The molecule has 0 aliphatic carbocycles. The predicted octanol–water partition coefficient (Wildman–Crippen LogP) is 4.82. The highest BCUT2D eigenvalue weighted by Gasteiger charge is 2.60. The molecule has 3 aromatic rings. The first-order valence-corrected chi connectivity index (χ1v) is 10.7. The molecule has 0 radical (unpaired) electrons. The summed E-state index contributed by atoms with van der Waals surface area (Å²) >= 11 is 7.58. The molecule has 0 saturated carbocycles. The van der Waals surface area contributed by atoms with Gasteiger partial charge >= 0.3 is 0 Å². The molecule has 0 bridgehead atoms. The Morgan fingerprint density at radius 2 is 1.69 bits per heavy atom. The summed E-state index contributed by atoms with van der Waals surface area (Å²) in [6.45, 7) is 0.455. The first-order valence-electron chi connectivity index (χ1n) is 9.29. The highest BCUT2D eigenvalue weighted by atomic mass is 35.5. The number of fused-ring (bicyclic) bond motifs is 2. The third-order valence-electron chi connectivity index (χ3n) is 5.31. The van der Waals surface area contributed by atoms with Crippen LogP contribution in [0.15, 0.2) is 78.9 Å². The summed E-state index contributed by atoms with van der Waals surface area (Å²) in [4.78, 5) is 29.1. The van der Waals surface area contributed by atoms with E-state index in [1.807, 2.05) is 60.7 Å². The molecule has 6 heteroatoms. The minimum Gasteiger partial charge on any atom is -0.304 e. The van der Waals surface area contributed by atoms with E-state index in [2.05, 4.69) is 0 Å². The molecule has 3 aromatic carbocycles. The Kier molecular flexibility index (Phi) is 4.37. The van der Waals surface area contributed by atoms with Crippen molar-refractivity contribution in [2.24, 2.45) is 0 Å². The fourth-order valence-corrected chi connectivity index (χ4v) is 5.64. The Labute approximate surface area is 178 Å². The molecule has 2 heterocycles. The van der Waals surface area contributed by atoms with Gasteiger partial charge in [-0.2, -0.15) is 0 Å². The van der Waals surface area contributed by atoms with Gasteiger partial charge in [0.25, 0.3) is 5.91 Å². The molecule has 4 nitrogen and oxygen atoms in total. The molecule has 1 spiro atoms. The van der Waals surface area contributed by atoms with Gasteiger partial charge in [-0.15, -0.1) is 11.8 Å². The topological polar surface area (TPSA) is 40.6 Å². The monoisotopic (exact) mass is 420 g/mol. The number of rotatable bonds is 3. The number of nitrogens with zero attached hydrogens (tertiary/aromatic N) is 2. The number of halogens is 1. The summed E-state index contributed by atoms with van der Waals surface area (Å²) in [5.41, 5.74) is 3.36. The standard InChI is InChI=1S/C23H17ClN2O2S/c24-17-9-6-10-18(13-17)26-21(27)15-29-23(26)19-11-4-5-12-20(19)25(22(23)28)14-16-7-2-1-3-8-16/h1-13H,14-15H2. The summed E-state index contributed by atoms with van der Waals surface area (Å²) in [7, 11) is 0. The first-order chi connectivity index (χ1) is 14.1. The lowest BCUT2D eigenvalue weighted by atomic mass is 10.0. The number of benzene rings is 3. The third-order valence-corrected chi connectivity index (χ3v) is 6.93. The van der Waals surface area contributed by atoms with E-state index in [-0.39, 0.29) is 17.6 Å². The van der Waals surface area contributed by atoms with Crippen LogP contribution in [0.1, 0.15) is 11.1 Å². The van der Waals surface area contributed by atoms with E-state index in [9.17, 15) is 9.59 Å². The van der Waals surface area contributed by atoms with E-state index in [4.69, 9.17) is 11.6 Å². The Balaban J connectivity index is 1.66. The summed E-state index contributed by atoms with van der Waals surface area (Å²) in [5.74, 6) is 0.0477. The zero-order chi connectivity index (χ0) is 20.0. The van der Waals surface area contributed by atoms with Crippen LogP contribution in [0.4, 0.5) is 11.4 Å². The summed E-state index contributed by atoms with van der Waals surface area (Å²) in [6, 6.07) is 24.7. The number of para-hydroxylation sites is 1. The van der Waals surface area contributed by atoms with E-state index in [0.29, 0.717) is 17.3 Å². The number of amides is 2. The van der Waals surface area contributed by atoms with E-state index in [1.54, 1.807) is 28.0 Å². The predicted molar refractivity (Wildman–Crippen MR) is 117 cm³/mol. The van der Waals surface area contributed by atoms with Gasteiger partial charge in [-0.3, -0.25) is 14.5 Å². The van der Waals surface area contributed by atoms with Crippen molar-refractivity contribution in [3.8, 4) is 0 Å². The van der Waals surface area contributed by atoms with Crippen LogP contribution in [0.5, 0.6) is 0 Å². The fourth-order valence-electron chi connectivity index (χ4n) is 4.09. The zero-order valence-corrected chi connectivity index (χ0v) is 17.0. The van der Waals surface area contributed by atoms with Crippen LogP contribution in [0.25, 0.3) is 0 Å². The lowest BCUT2D eigenvalue weighted by molar-refractivity contribution is -0.123. The molecule has 1 saturated heterocycles. The van der Waals surface area contributed by atoms with Crippen molar-refractivity contribution in [3.63, 3.8) is 0 Å². The Morgan fingerprint density at radius 3 is 2.48 bits per heavy atom. The van der Waals surface area contributed by atoms with Gasteiger partial charge in [-0.1, -0.05) is 66.2 Å². The van der Waals surface area contributed by atoms with Gasteiger partial charge in [0, 0.05) is 16.3 Å². The molecule has 29 heavy (non-hydrogen) atoms. The van der Waals surface area contributed by atoms with Crippen molar-refractivity contribution in [2.75, 3.05) is 15.6 Å². The van der Waals surface area contributed by atoms with Gasteiger partial charge in [0.15, 0.2) is 0 Å². The van der Waals surface area contributed by atoms with Crippen LogP contribution in [0, 0.1) is 0 Å². The van der Waals surface area contributed by atoms with E-state index in [0.717, 1.165) is 16.8 Å². The minimum absolute atomic E-state index is 0.0954. The van der Waals surface area contributed by atoms with Crippen LogP contribution in [0.2, 0.25) is 5.02 Å². The van der Waals surface area contributed by atoms with Crippen molar-refractivity contribution in [1.29, 1.82) is 0 Å². The molecule has 5 rings (SSSR count).